The normalized spacial score (nSPS) is 14.9. The van der Waals surface area contributed by atoms with E-state index in [0.717, 1.165) is 39.1 Å². The summed E-state index contributed by atoms with van der Waals surface area (Å²) in [7, 11) is 1.73. The number of nitrogens with zero attached hydrogens (tertiary/aromatic N) is 2. The second-order valence-corrected chi connectivity index (χ2v) is 7.95. The highest BCUT2D eigenvalue weighted by atomic mass is 32.1. The molecule has 2 amide bonds. The number of carbonyl (C=O) groups excluding carboxylic acids is 2. The molecule has 1 N–H and O–H groups in total. The molecule has 0 bridgehead atoms. The van der Waals surface area contributed by atoms with E-state index in [1.165, 1.54) is 16.0 Å². The maximum Gasteiger partial charge on any atom is 0.242 e. The Morgan fingerprint density at radius 3 is 2.52 bits per heavy atom. The number of hydrogen-bond acceptors (Lipinski definition) is 3. The van der Waals surface area contributed by atoms with Crippen LogP contribution in [0.15, 0.2) is 47.2 Å². The summed E-state index contributed by atoms with van der Waals surface area (Å²) in [6, 6.07) is 12.5. The van der Waals surface area contributed by atoms with Crippen molar-refractivity contribution >= 4 is 23.2 Å². The number of likely N-dealkylation sites (N-methyl/N-ethyl adjacent to an activating group) is 1. The third-order valence-corrected chi connectivity index (χ3v) is 5.86. The fraction of sp³-hybridized carbons (Fsp3) is 0.429. The second kappa shape index (κ2) is 9.67. The van der Waals surface area contributed by atoms with Crippen LogP contribution in [-0.2, 0) is 22.6 Å². The average molecular weight is 387 g/mol. The molecule has 6 heteroatoms. The topological polar surface area (TPSA) is 45.1 Å². The fourth-order valence-corrected chi connectivity index (χ4v) is 4.10. The average Bonchev–Trinajstić information content (AvgIpc) is 3.21. The molecular formula is C21H28N3O2S+. The lowest BCUT2D eigenvalue weighted by Gasteiger charge is -2.33. The molecule has 144 valence electrons. The molecule has 0 saturated carbocycles. The summed E-state index contributed by atoms with van der Waals surface area (Å²) < 4.78 is 0. The van der Waals surface area contributed by atoms with Crippen molar-refractivity contribution in [2.75, 3.05) is 39.8 Å². The lowest BCUT2D eigenvalue weighted by atomic mass is 10.2. The molecule has 0 spiro atoms. The standard InChI is InChI=1S/C21H27N3O2S/c1-22(20(25)8-7-19-9-14-27-17-19)16-21(26)24-12-10-23(11-13-24)15-18-5-3-2-4-6-18/h2-6,9,14,17H,7-8,10-13,15-16H2,1H3/p+1. The van der Waals surface area contributed by atoms with Gasteiger partial charge in [-0.05, 0) is 28.8 Å². The summed E-state index contributed by atoms with van der Waals surface area (Å²) in [6.07, 6.45) is 1.19. The lowest BCUT2D eigenvalue weighted by Crippen LogP contribution is -3.13. The highest BCUT2D eigenvalue weighted by Gasteiger charge is 2.25. The maximum atomic E-state index is 12.5. The zero-order valence-electron chi connectivity index (χ0n) is 15.9. The minimum absolute atomic E-state index is 0.0305. The third-order valence-electron chi connectivity index (χ3n) is 5.13. The van der Waals surface area contributed by atoms with Gasteiger partial charge in [0, 0.05) is 19.0 Å². The van der Waals surface area contributed by atoms with Gasteiger partial charge in [0.25, 0.3) is 0 Å². The van der Waals surface area contributed by atoms with Gasteiger partial charge in [-0.15, -0.1) is 0 Å². The van der Waals surface area contributed by atoms with Gasteiger partial charge in [0.2, 0.25) is 11.8 Å². The summed E-state index contributed by atoms with van der Waals surface area (Å²) in [6.45, 7) is 4.61. The molecule has 1 aromatic heterocycles. The molecule has 0 atom stereocenters. The van der Waals surface area contributed by atoms with Gasteiger partial charge in [0.1, 0.15) is 6.54 Å². The van der Waals surface area contributed by atoms with Gasteiger partial charge in [0.15, 0.2) is 0 Å². The van der Waals surface area contributed by atoms with Crippen LogP contribution in [0.2, 0.25) is 0 Å². The van der Waals surface area contributed by atoms with E-state index in [-0.39, 0.29) is 18.4 Å². The molecule has 2 heterocycles. The summed E-state index contributed by atoms with van der Waals surface area (Å²) >= 11 is 1.64. The van der Waals surface area contributed by atoms with E-state index in [0.29, 0.717) is 6.42 Å². The Kier molecular flexibility index (Phi) is 7.01. The van der Waals surface area contributed by atoms with Gasteiger partial charge in [-0.2, -0.15) is 11.3 Å². The number of amides is 2. The summed E-state index contributed by atoms with van der Waals surface area (Å²) in [5.74, 6) is 0.0861. The van der Waals surface area contributed by atoms with Gasteiger partial charge in [-0.3, -0.25) is 9.59 Å². The van der Waals surface area contributed by atoms with Crippen molar-refractivity contribution in [3.05, 3.63) is 58.3 Å². The maximum absolute atomic E-state index is 12.5. The number of aryl methyl sites for hydroxylation is 1. The molecule has 5 nitrogen and oxygen atoms in total. The largest absolute Gasteiger partial charge is 0.336 e. The molecule has 1 fully saturated rings. The Morgan fingerprint density at radius 2 is 1.85 bits per heavy atom. The molecule has 3 rings (SSSR count). The van der Waals surface area contributed by atoms with E-state index >= 15 is 0 Å². The van der Waals surface area contributed by atoms with Crippen LogP contribution in [0.3, 0.4) is 0 Å². The van der Waals surface area contributed by atoms with E-state index in [1.807, 2.05) is 22.4 Å². The Bertz CT molecular complexity index is 725. The van der Waals surface area contributed by atoms with Crippen molar-refractivity contribution in [1.82, 2.24) is 9.80 Å². The number of rotatable bonds is 7. The number of nitrogens with one attached hydrogen (secondary N) is 1. The monoisotopic (exact) mass is 386 g/mol. The first-order valence-corrected chi connectivity index (χ1v) is 10.5. The van der Waals surface area contributed by atoms with Crippen LogP contribution in [-0.4, -0.2) is 61.4 Å². The number of piperazine rings is 1. The molecule has 0 unspecified atom stereocenters. The number of carbonyl (C=O) groups is 2. The first-order valence-electron chi connectivity index (χ1n) is 9.52. The van der Waals surface area contributed by atoms with Gasteiger partial charge in [-0.25, -0.2) is 0 Å². The SMILES string of the molecule is CN(CC(=O)N1CC[NH+](Cc2ccccc2)CC1)C(=O)CCc1ccsc1. The Morgan fingerprint density at radius 1 is 1.11 bits per heavy atom. The molecule has 1 aromatic carbocycles. The minimum Gasteiger partial charge on any atom is -0.336 e. The van der Waals surface area contributed by atoms with Crippen LogP contribution >= 0.6 is 11.3 Å². The van der Waals surface area contributed by atoms with Crippen LogP contribution in [0.25, 0.3) is 0 Å². The number of quaternary nitrogens is 1. The van der Waals surface area contributed by atoms with E-state index in [9.17, 15) is 9.59 Å². The van der Waals surface area contributed by atoms with Crippen LogP contribution in [0.5, 0.6) is 0 Å². The number of thiophene rings is 1. The van der Waals surface area contributed by atoms with Crippen LogP contribution in [0.1, 0.15) is 17.5 Å². The summed E-state index contributed by atoms with van der Waals surface area (Å²) in [4.78, 5) is 29.8. The summed E-state index contributed by atoms with van der Waals surface area (Å²) in [5.41, 5.74) is 2.52. The van der Waals surface area contributed by atoms with E-state index < -0.39 is 0 Å². The zero-order chi connectivity index (χ0) is 19.1. The van der Waals surface area contributed by atoms with E-state index in [4.69, 9.17) is 0 Å². The molecule has 27 heavy (non-hydrogen) atoms. The Hall–Kier alpha value is -2.18. The van der Waals surface area contributed by atoms with Gasteiger partial charge in [-0.1, -0.05) is 30.3 Å². The zero-order valence-corrected chi connectivity index (χ0v) is 16.7. The number of hydrogen-bond donors (Lipinski definition) is 1. The Balaban J connectivity index is 1.39. The van der Waals surface area contributed by atoms with Crippen LogP contribution in [0.4, 0.5) is 0 Å². The minimum atomic E-state index is 0.0305. The van der Waals surface area contributed by atoms with Crippen molar-refractivity contribution < 1.29 is 14.5 Å². The fourth-order valence-electron chi connectivity index (χ4n) is 3.40. The second-order valence-electron chi connectivity index (χ2n) is 7.17. The third kappa shape index (κ3) is 5.91. The number of benzene rings is 1. The summed E-state index contributed by atoms with van der Waals surface area (Å²) in [5, 5.41) is 4.09. The molecule has 1 aliphatic heterocycles. The van der Waals surface area contributed by atoms with Crippen molar-refractivity contribution in [3.63, 3.8) is 0 Å². The van der Waals surface area contributed by atoms with Crippen molar-refractivity contribution in [2.45, 2.75) is 19.4 Å². The predicted octanol–water partition coefficient (Wildman–Crippen LogP) is 1.07. The highest BCUT2D eigenvalue weighted by molar-refractivity contribution is 7.07. The predicted molar refractivity (Wildman–Crippen MR) is 108 cm³/mol. The quantitative estimate of drug-likeness (QED) is 0.774. The van der Waals surface area contributed by atoms with E-state index in [1.54, 1.807) is 23.3 Å². The molecule has 1 saturated heterocycles. The molecular weight excluding hydrogens is 358 g/mol. The van der Waals surface area contributed by atoms with Gasteiger partial charge in [0.05, 0.1) is 32.7 Å². The molecule has 0 aliphatic carbocycles. The van der Waals surface area contributed by atoms with Crippen LogP contribution in [0, 0.1) is 0 Å². The van der Waals surface area contributed by atoms with Gasteiger partial charge >= 0.3 is 0 Å². The Labute approximate surface area is 165 Å². The van der Waals surface area contributed by atoms with Crippen molar-refractivity contribution in [1.29, 1.82) is 0 Å². The smallest absolute Gasteiger partial charge is 0.242 e. The first-order chi connectivity index (χ1) is 13.1. The van der Waals surface area contributed by atoms with E-state index in [2.05, 4.69) is 29.6 Å². The molecule has 2 aromatic rings. The molecule has 1 aliphatic rings. The van der Waals surface area contributed by atoms with Gasteiger partial charge < -0.3 is 14.7 Å². The molecule has 0 radical (unpaired) electrons. The first kappa shape index (κ1) is 19.6. The van der Waals surface area contributed by atoms with Crippen molar-refractivity contribution in [3.8, 4) is 0 Å². The van der Waals surface area contributed by atoms with Crippen LogP contribution < -0.4 is 4.90 Å². The highest BCUT2D eigenvalue weighted by Crippen LogP contribution is 2.09. The lowest BCUT2D eigenvalue weighted by molar-refractivity contribution is -0.917. The van der Waals surface area contributed by atoms with Crippen molar-refractivity contribution in [2.24, 2.45) is 0 Å².